The Labute approximate surface area is 121 Å². The molecule has 2 heterocycles. The normalized spacial score (nSPS) is 21.0. The van der Waals surface area contributed by atoms with E-state index in [1.807, 2.05) is 24.3 Å². The Hall–Kier alpha value is -2.80. The van der Waals surface area contributed by atoms with Crippen LogP contribution in [0.4, 0.5) is 4.79 Å². The number of aliphatic imine (C=N–C) groups is 1. The minimum absolute atomic E-state index is 0.246. The SMILES string of the molecule is CNC(=O)n1ccc2cccc(C3(N)N=C(N)C=CN3)c21. The fourth-order valence-corrected chi connectivity index (χ4v) is 2.46. The van der Waals surface area contributed by atoms with Crippen molar-refractivity contribution in [3.05, 3.63) is 48.3 Å². The first kappa shape index (κ1) is 13.2. The van der Waals surface area contributed by atoms with Gasteiger partial charge in [-0.2, -0.15) is 0 Å². The second kappa shape index (κ2) is 4.64. The van der Waals surface area contributed by atoms with Gasteiger partial charge in [0.05, 0.1) is 5.52 Å². The Morgan fingerprint density at radius 1 is 1.43 bits per heavy atom. The van der Waals surface area contributed by atoms with E-state index in [4.69, 9.17) is 11.5 Å². The van der Waals surface area contributed by atoms with E-state index in [9.17, 15) is 4.79 Å². The monoisotopic (exact) mass is 284 g/mol. The molecular formula is C14H16N6O. The highest BCUT2D eigenvalue weighted by Crippen LogP contribution is 2.28. The number of benzene rings is 1. The summed E-state index contributed by atoms with van der Waals surface area (Å²) in [6, 6.07) is 7.21. The first-order chi connectivity index (χ1) is 10.0. The smallest absolute Gasteiger partial charge is 0.325 e. The Balaban J connectivity index is 2.26. The lowest BCUT2D eigenvalue weighted by molar-refractivity contribution is 0.245. The zero-order valence-electron chi connectivity index (χ0n) is 11.5. The zero-order chi connectivity index (χ0) is 15.0. The van der Waals surface area contributed by atoms with Gasteiger partial charge in [0.2, 0.25) is 5.79 Å². The summed E-state index contributed by atoms with van der Waals surface area (Å²) >= 11 is 0. The van der Waals surface area contributed by atoms with E-state index in [2.05, 4.69) is 15.6 Å². The van der Waals surface area contributed by atoms with Crippen molar-refractivity contribution < 1.29 is 4.79 Å². The third kappa shape index (κ3) is 2.03. The van der Waals surface area contributed by atoms with Gasteiger partial charge in [-0.25, -0.2) is 9.79 Å². The number of fused-ring (bicyclic) bond motifs is 1. The van der Waals surface area contributed by atoms with Gasteiger partial charge in [-0.05, 0) is 12.1 Å². The first-order valence-corrected chi connectivity index (χ1v) is 6.46. The van der Waals surface area contributed by atoms with Crippen LogP contribution in [0.15, 0.2) is 47.7 Å². The van der Waals surface area contributed by atoms with E-state index in [1.54, 1.807) is 25.5 Å². The molecule has 1 aromatic carbocycles. The summed E-state index contributed by atoms with van der Waals surface area (Å²) in [4.78, 5) is 16.3. The molecule has 6 N–H and O–H groups in total. The molecule has 1 unspecified atom stereocenters. The van der Waals surface area contributed by atoms with Gasteiger partial charge in [-0.1, -0.05) is 18.2 Å². The number of aromatic nitrogens is 1. The highest BCUT2D eigenvalue weighted by Gasteiger charge is 2.30. The third-order valence-electron chi connectivity index (χ3n) is 3.42. The molecular weight excluding hydrogens is 268 g/mol. The van der Waals surface area contributed by atoms with Crippen LogP contribution in [0.2, 0.25) is 0 Å². The van der Waals surface area contributed by atoms with E-state index in [0.717, 1.165) is 5.39 Å². The van der Waals surface area contributed by atoms with Crippen molar-refractivity contribution >= 4 is 22.8 Å². The lowest BCUT2D eigenvalue weighted by atomic mass is 10.0. The van der Waals surface area contributed by atoms with E-state index >= 15 is 0 Å². The number of hydrogen-bond donors (Lipinski definition) is 4. The summed E-state index contributed by atoms with van der Waals surface area (Å²) < 4.78 is 1.50. The molecule has 7 heteroatoms. The van der Waals surface area contributed by atoms with Crippen LogP contribution < -0.4 is 22.1 Å². The molecule has 21 heavy (non-hydrogen) atoms. The largest absolute Gasteiger partial charge is 0.384 e. The van der Waals surface area contributed by atoms with Crippen molar-refractivity contribution in [3.63, 3.8) is 0 Å². The maximum absolute atomic E-state index is 12.0. The van der Waals surface area contributed by atoms with Crippen LogP contribution in [0.3, 0.4) is 0 Å². The van der Waals surface area contributed by atoms with Gasteiger partial charge >= 0.3 is 6.03 Å². The lowest BCUT2D eigenvalue weighted by Gasteiger charge is -2.29. The molecule has 1 aliphatic rings. The van der Waals surface area contributed by atoms with Gasteiger partial charge in [-0.3, -0.25) is 10.3 Å². The fourth-order valence-electron chi connectivity index (χ4n) is 2.46. The van der Waals surface area contributed by atoms with Gasteiger partial charge < -0.3 is 16.4 Å². The maximum atomic E-state index is 12.0. The summed E-state index contributed by atoms with van der Waals surface area (Å²) in [5.74, 6) is -0.881. The summed E-state index contributed by atoms with van der Waals surface area (Å²) in [7, 11) is 1.58. The standard InChI is InChI=1S/C14H16N6O/c1-17-13(21)20-8-6-9-3-2-4-10(12(9)20)14(16)18-7-5-11(15)19-14/h2-8,18H,16H2,1H3,(H2,15,19)(H,17,21). The Bertz CT molecular complexity index is 775. The molecule has 7 nitrogen and oxygen atoms in total. The van der Waals surface area contributed by atoms with Crippen molar-refractivity contribution in [1.82, 2.24) is 15.2 Å². The third-order valence-corrected chi connectivity index (χ3v) is 3.42. The molecule has 0 saturated heterocycles. The fraction of sp³-hybridized carbons (Fsp3) is 0.143. The zero-order valence-corrected chi connectivity index (χ0v) is 11.5. The topological polar surface area (TPSA) is 110 Å². The Morgan fingerprint density at radius 3 is 2.95 bits per heavy atom. The molecule has 1 aromatic heterocycles. The van der Waals surface area contributed by atoms with Crippen molar-refractivity contribution in [2.45, 2.75) is 5.79 Å². The van der Waals surface area contributed by atoms with Crippen LogP contribution in [-0.2, 0) is 5.79 Å². The van der Waals surface area contributed by atoms with Gasteiger partial charge in [-0.15, -0.1) is 0 Å². The predicted octanol–water partition coefficient (Wildman–Crippen LogP) is 0.372. The second-order valence-corrected chi connectivity index (χ2v) is 4.77. The molecule has 0 fully saturated rings. The molecule has 1 atom stereocenters. The number of rotatable bonds is 1. The molecule has 0 aliphatic carbocycles. The number of nitrogens with zero attached hydrogens (tertiary/aromatic N) is 2. The van der Waals surface area contributed by atoms with E-state index in [1.165, 1.54) is 4.57 Å². The van der Waals surface area contributed by atoms with Crippen LogP contribution in [-0.4, -0.2) is 23.5 Å². The molecule has 0 radical (unpaired) electrons. The van der Waals surface area contributed by atoms with Crippen LogP contribution in [0.1, 0.15) is 5.56 Å². The molecule has 2 aromatic rings. The van der Waals surface area contributed by atoms with E-state index in [-0.39, 0.29) is 6.03 Å². The number of amides is 1. The summed E-state index contributed by atoms with van der Waals surface area (Å²) in [6.45, 7) is 0. The number of nitrogens with one attached hydrogen (secondary N) is 2. The average molecular weight is 284 g/mol. The van der Waals surface area contributed by atoms with E-state index in [0.29, 0.717) is 16.9 Å². The van der Waals surface area contributed by atoms with Crippen LogP contribution in [0.25, 0.3) is 10.9 Å². The number of para-hydroxylation sites is 1. The Kier molecular flexibility index (Phi) is 2.91. The predicted molar refractivity (Wildman–Crippen MR) is 81.6 cm³/mol. The molecule has 1 amide bonds. The molecule has 1 aliphatic heterocycles. The highest BCUT2D eigenvalue weighted by atomic mass is 16.2. The lowest BCUT2D eigenvalue weighted by Crippen LogP contribution is -2.49. The second-order valence-electron chi connectivity index (χ2n) is 4.77. The molecule has 108 valence electrons. The summed E-state index contributed by atoms with van der Waals surface area (Å²) in [5.41, 5.74) is 13.4. The van der Waals surface area contributed by atoms with Crippen molar-refractivity contribution in [1.29, 1.82) is 0 Å². The summed E-state index contributed by atoms with van der Waals surface area (Å²) in [5, 5.41) is 6.49. The minimum atomic E-state index is -1.21. The molecule has 3 rings (SSSR count). The number of hydrogen-bond acceptors (Lipinski definition) is 5. The number of amidine groups is 1. The highest BCUT2D eigenvalue weighted by molar-refractivity contribution is 5.95. The quantitative estimate of drug-likeness (QED) is 0.606. The number of carbonyl (C=O) groups is 1. The molecule has 0 saturated carbocycles. The summed E-state index contributed by atoms with van der Waals surface area (Å²) in [6.07, 6.45) is 4.97. The van der Waals surface area contributed by atoms with Crippen LogP contribution in [0.5, 0.6) is 0 Å². The number of carbonyl (C=O) groups excluding carboxylic acids is 1. The van der Waals surface area contributed by atoms with Gasteiger partial charge in [0, 0.05) is 30.4 Å². The molecule has 0 spiro atoms. The minimum Gasteiger partial charge on any atom is -0.384 e. The van der Waals surface area contributed by atoms with Crippen LogP contribution in [0, 0.1) is 0 Å². The average Bonchev–Trinajstić information content (AvgIpc) is 2.90. The van der Waals surface area contributed by atoms with Crippen molar-refractivity contribution in [3.8, 4) is 0 Å². The van der Waals surface area contributed by atoms with Gasteiger partial charge in [0.25, 0.3) is 0 Å². The van der Waals surface area contributed by atoms with Crippen molar-refractivity contribution in [2.75, 3.05) is 7.05 Å². The maximum Gasteiger partial charge on any atom is 0.325 e. The Morgan fingerprint density at radius 2 is 2.24 bits per heavy atom. The van der Waals surface area contributed by atoms with Crippen molar-refractivity contribution in [2.24, 2.45) is 16.5 Å². The van der Waals surface area contributed by atoms with E-state index < -0.39 is 5.79 Å². The number of nitrogens with two attached hydrogens (primary N) is 2. The first-order valence-electron chi connectivity index (χ1n) is 6.46. The van der Waals surface area contributed by atoms with Gasteiger partial charge in [0.15, 0.2) is 0 Å². The molecule has 0 bridgehead atoms. The van der Waals surface area contributed by atoms with Crippen LogP contribution >= 0.6 is 0 Å². The van der Waals surface area contributed by atoms with Gasteiger partial charge in [0.1, 0.15) is 5.84 Å².